The fourth-order valence-corrected chi connectivity index (χ4v) is 2.85. The summed E-state index contributed by atoms with van der Waals surface area (Å²) in [6.45, 7) is 0.833. The first-order valence-electron chi connectivity index (χ1n) is 6.17. The molecule has 1 fully saturated rings. The predicted molar refractivity (Wildman–Crippen MR) is 66.6 cm³/mol. The lowest BCUT2D eigenvalue weighted by Gasteiger charge is -2.19. The molecule has 0 saturated heterocycles. The van der Waals surface area contributed by atoms with Gasteiger partial charge in [0.1, 0.15) is 5.75 Å². The van der Waals surface area contributed by atoms with E-state index in [1.807, 2.05) is 12.1 Å². The highest BCUT2D eigenvalue weighted by Crippen LogP contribution is 2.35. The van der Waals surface area contributed by atoms with E-state index in [2.05, 4.69) is 12.1 Å². The van der Waals surface area contributed by atoms with Crippen molar-refractivity contribution in [3.63, 3.8) is 0 Å². The summed E-state index contributed by atoms with van der Waals surface area (Å²) in [5, 5.41) is 0. The molecule has 2 heteroatoms. The number of methoxy groups -OCH3 is 1. The summed E-state index contributed by atoms with van der Waals surface area (Å²) >= 11 is 0. The minimum atomic E-state index is 0.713. The Balaban J connectivity index is 2.08. The molecule has 0 aliphatic heterocycles. The first-order valence-corrected chi connectivity index (χ1v) is 6.17. The molecule has 2 unspecified atom stereocenters. The van der Waals surface area contributed by atoms with Gasteiger partial charge in [0, 0.05) is 0 Å². The third-order valence-corrected chi connectivity index (χ3v) is 3.79. The van der Waals surface area contributed by atoms with Crippen LogP contribution in [0.3, 0.4) is 0 Å². The van der Waals surface area contributed by atoms with E-state index in [1.165, 1.54) is 24.8 Å². The average Bonchev–Trinajstić information content (AvgIpc) is 2.77. The van der Waals surface area contributed by atoms with Gasteiger partial charge in [-0.1, -0.05) is 24.6 Å². The Bertz CT molecular complexity index is 337. The molecule has 1 aliphatic rings. The van der Waals surface area contributed by atoms with E-state index in [-0.39, 0.29) is 0 Å². The van der Waals surface area contributed by atoms with Crippen LogP contribution in [0.4, 0.5) is 0 Å². The van der Waals surface area contributed by atoms with Crippen molar-refractivity contribution in [2.24, 2.45) is 17.6 Å². The highest BCUT2D eigenvalue weighted by Gasteiger charge is 2.26. The minimum Gasteiger partial charge on any atom is -0.496 e. The maximum absolute atomic E-state index is 5.82. The molecule has 2 N–H and O–H groups in total. The summed E-state index contributed by atoms with van der Waals surface area (Å²) < 4.78 is 5.39. The van der Waals surface area contributed by atoms with E-state index < -0.39 is 0 Å². The van der Waals surface area contributed by atoms with Crippen LogP contribution in [0, 0.1) is 11.8 Å². The van der Waals surface area contributed by atoms with Gasteiger partial charge in [-0.15, -0.1) is 0 Å². The second kappa shape index (κ2) is 5.35. The zero-order valence-corrected chi connectivity index (χ0v) is 9.99. The van der Waals surface area contributed by atoms with Gasteiger partial charge in [-0.2, -0.15) is 0 Å². The Morgan fingerprint density at radius 1 is 1.25 bits per heavy atom. The van der Waals surface area contributed by atoms with Gasteiger partial charge in [0.2, 0.25) is 0 Å². The van der Waals surface area contributed by atoms with Crippen molar-refractivity contribution in [2.45, 2.75) is 25.7 Å². The van der Waals surface area contributed by atoms with Crippen LogP contribution in [0.5, 0.6) is 5.75 Å². The number of para-hydroxylation sites is 1. The van der Waals surface area contributed by atoms with Crippen LogP contribution in [0.1, 0.15) is 24.8 Å². The number of benzene rings is 1. The number of hydrogen-bond donors (Lipinski definition) is 1. The van der Waals surface area contributed by atoms with Gasteiger partial charge < -0.3 is 10.5 Å². The summed E-state index contributed by atoms with van der Waals surface area (Å²) in [6, 6.07) is 8.33. The van der Waals surface area contributed by atoms with Crippen LogP contribution >= 0.6 is 0 Å². The van der Waals surface area contributed by atoms with Gasteiger partial charge in [-0.05, 0) is 49.3 Å². The van der Waals surface area contributed by atoms with Gasteiger partial charge in [0.15, 0.2) is 0 Å². The molecule has 0 amide bonds. The summed E-state index contributed by atoms with van der Waals surface area (Å²) in [5.41, 5.74) is 7.15. The van der Waals surface area contributed by atoms with E-state index in [1.54, 1.807) is 7.11 Å². The van der Waals surface area contributed by atoms with Crippen molar-refractivity contribution in [3.05, 3.63) is 29.8 Å². The molecule has 2 nitrogen and oxygen atoms in total. The van der Waals surface area contributed by atoms with E-state index in [9.17, 15) is 0 Å². The van der Waals surface area contributed by atoms with Crippen molar-refractivity contribution in [3.8, 4) is 5.75 Å². The van der Waals surface area contributed by atoms with Crippen molar-refractivity contribution in [1.29, 1.82) is 0 Å². The van der Waals surface area contributed by atoms with Crippen LogP contribution in [0.15, 0.2) is 24.3 Å². The monoisotopic (exact) mass is 219 g/mol. The Morgan fingerprint density at radius 3 is 2.75 bits per heavy atom. The highest BCUT2D eigenvalue weighted by atomic mass is 16.5. The van der Waals surface area contributed by atoms with E-state index >= 15 is 0 Å². The van der Waals surface area contributed by atoms with Crippen LogP contribution in [-0.4, -0.2) is 13.7 Å². The Labute approximate surface area is 97.8 Å². The number of rotatable bonds is 4. The lowest BCUT2D eigenvalue weighted by molar-refractivity contribution is 0.375. The SMILES string of the molecule is COc1ccccc1CC1CCCC1CN. The molecular weight excluding hydrogens is 198 g/mol. The van der Waals surface area contributed by atoms with Crippen LogP contribution in [-0.2, 0) is 6.42 Å². The standard InChI is InChI=1S/C14H21NO/c1-16-14-8-3-2-5-12(14)9-11-6-4-7-13(11)10-15/h2-3,5,8,11,13H,4,6-7,9-10,15H2,1H3. The number of ether oxygens (including phenoxy) is 1. The van der Waals surface area contributed by atoms with Crippen molar-refractivity contribution in [2.75, 3.05) is 13.7 Å². The van der Waals surface area contributed by atoms with Crippen molar-refractivity contribution < 1.29 is 4.74 Å². The topological polar surface area (TPSA) is 35.2 Å². The molecule has 2 rings (SSSR count). The molecule has 0 aromatic heterocycles. The molecule has 1 aromatic carbocycles. The predicted octanol–water partition coefficient (Wildman–Crippen LogP) is 2.61. The highest BCUT2D eigenvalue weighted by molar-refractivity contribution is 5.33. The third-order valence-electron chi connectivity index (χ3n) is 3.79. The lowest BCUT2D eigenvalue weighted by Crippen LogP contribution is -2.20. The third kappa shape index (κ3) is 2.38. The molecular formula is C14H21NO. The normalized spacial score (nSPS) is 24.6. The summed E-state index contributed by atoms with van der Waals surface area (Å²) in [5.74, 6) is 2.48. The fourth-order valence-electron chi connectivity index (χ4n) is 2.85. The van der Waals surface area contributed by atoms with Gasteiger partial charge in [-0.3, -0.25) is 0 Å². The van der Waals surface area contributed by atoms with E-state index in [0.29, 0.717) is 5.92 Å². The molecule has 0 bridgehead atoms. The van der Waals surface area contributed by atoms with Gasteiger partial charge in [0.05, 0.1) is 7.11 Å². The molecule has 0 heterocycles. The summed E-state index contributed by atoms with van der Waals surface area (Å²) in [4.78, 5) is 0. The van der Waals surface area contributed by atoms with Crippen molar-refractivity contribution in [1.82, 2.24) is 0 Å². The molecule has 2 atom stereocenters. The molecule has 1 aromatic rings. The quantitative estimate of drug-likeness (QED) is 0.845. The maximum atomic E-state index is 5.82. The van der Waals surface area contributed by atoms with Gasteiger partial charge >= 0.3 is 0 Å². The van der Waals surface area contributed by atoms with E-state index in [0.717, 1.165) is 24.6 Å². The second-order valence-electron chi connectivity index (χ2n) is 4.70. The average molecular weight is 219 g/mol. The minimum absolute atomic E-state index is 0.713. The smallest absolute Gasteiger partial charge is 0.122 e. The van der Waals surface area contributed by atoms with Crippen LogP contribution in [0.2, 0.25) is 0 Å². The summed E-state index contributed by atoms with van der Waals surface area (Å²) in [6.07, 6.45) is 5.07. The Morgan fingerprint density at radius 2 is 2.00 bits per heavy atom. The Kier molecular flexibility index (Phi) is 3.83. The number of nitrogens with two attached hydrogens (primary N) is 1. The van der Waals surface area contributed by atoms with Gasteiger partial charge in [-0.25, -0.2) is 0 Å². The first kappa shape index (κ1) is 11.5. The second-order valence-corrected chi connectivity index (χ2v) is 4.70. The van der Waals surface area contributed by atoms with Crippen LogP contribution in [0.25, 0.3) is 0 Å². The lowest BCUT2D eigenvalue weighted by atomic mass is 9.89. The zero-order chi connectivity index (χ0) is 11.4. The molecule has 16 heavy (non-hydrogen) atoms. The van der Waals surface area contributed by atoms with E-state index in [4.69, 9.17) is 10.5 Å². The maximum Gasteiger partial charge on any atom is 0.122 e. The van der Waals surface area contributed by atoms with Gasteiger partial charge in [0.25, 0.3) is 0 Å². The first-order chi connectivity index (χ1) is 7.85. The largest absolute Gasteiger partial charge is 0.496 e. The Hall–Kier alpha value is -1.02. The molecule has 1 aliphatic carbocycles. The zero-order valence-electron chi connectivity index (χ0n) is 9.99. The molecule has 1 saturated carbocycles. The number of hydrogen-bond acceptors (Lipinski definition) is 2. The van der Waals surface area contributed by atoms with Crippen LogP contribution < -0.4 is 10.5 Å². The molecule has 88 valence electrons. The molecule has 0 radical (unpaired) electrons. The summed E-state index contributed by atoms with van der Waals surface area (Å²) in [7, 11) is 1.74. The fraction of sp³-hybridized carbons (Fsp3) is 0.571. The van der Waals surface area contributed by atoms with Crippen molar-refractivity contribution >= 4 is 0 Å². The molecule has 0 spiro atoms.